The summed E-state index contributed by atoms with van der Waals surface area (Å²) in [6.45, 7) is 2.63. The van der Waals surface area contributed by atoms with Gasteiger partial charge in [-0.1, -0.05) is 13.3 Å². The van der Waals surface area contributed by atoms with Gasteiger partial charge < -0.3 is 15.4 Å². The molecular formula is C22H31N5O6S. The van der Waals surface area contributed by atoms with E-state index in [2.05, 4.69) is 4.98 Å². The Morgan fingerprint density at radius 3 is 2.38 bits per heavy atom. The van der Waals surface area contributed by atoms with Gasteiger partial charge >= 0.3 is 5.69 Å². The van der Waals surface area contributed by atoms with E-state index in [0.29, 0.717) is 31.6 Å². The van der Waals surface area contributed by atoms with Gasteiger partial charge in [-0.2, -0.15) is 4.31 Å². The van der Waals surface area contributed by atoms with Crippen LogP contribution in [0.15, 0.2) is 38.8 Å². The monoisotopic (exact) mass is 493 g/mol. The first kappa shape index (κ1) is 25.5. The number of H-pyrrole nitrogens is 1. The summed E-state index contributed by atoms with van der Waals surface area (Å²) in [5, 5.41) is 0. The minimum atomic E-state index is -3.70. The summed E-state index contributed by atoms with van der Waals surface area (Å²) in [5.74, 6) is -0.333. The number of methoxy groups -OCH3 is 1. The van der Waals surface area contributed by atoms with E-state index in [1.54, 1.807) is 12.1 Å². The Labute approximate surface area is 198 Å². The van der Waals surface area contributed by atoms with Crippen LogP contribution in [0.3, 0.4) is 0 Å². The lowest BCUT2D eigenvalue weighted by Gasteiger charge is -2.32. The normalized spacial score (nSPS) is 15.3. The molecule has 1 aromatic carbocycles. The number of rotatable bonds is 8. The molecule has 186 valence electrons. The number of hydrogen-bond donors (Lipinski definition) is 2. The van der Waals surface area contributed by atoms with Crippen molar-refractivity contribution in [3.63, 3.8) is 0 Å². The Morgan fingerprint density at radius 1 is 1.21 bits per heavy atom. The molecule has 1 amide bonds. The molecule has 1 aliphatic rings. The second-order valence-electron chi connectivity index (χ2n) is 8.25. The third-order valence-electron chi connectivity index (χ3n) is 6.12. The number of benzene rings is 1. The fraction of sp³-hybridized carbons (Fsp3) is 0.500. The number of aromatic amines is 1. The highest BCUT2D eigenvalue weighted by atomic mass is 32.2. The molecule has 2 heterocycles. The third-order valence-corrected chi connectivity index (χ3v) is 8.03. The molecule has 1 aromatic heterocycles. The van der Waals surface area contributed by atoms with Crippen LogP contribution in [0.1, 0.15) is 32.6 Å². The number of sulfonamides is 1. The molecule has 11 nitrogen and oxygen atoms in total. The van der Waals surface area contributed by atoms with Gasteiger partial charge in [-0.25, -0.2) is 13.2 Å². The molecule has 34 heavy (non-hydrogen) atoms. The summed E-state index contributed by atoms with van der Waals surface area (Å²) in [7, 11) is -0.755. The minimum Gasteiger partial charge on any atom is -0.497 e. The number of ether oxygens (including phenoxy) is 1. The highest BCUT2D eigenvalue weighted by molar-refractivity contribution is 7.89. The molecule has 3 rings (SSSR count). The molecule has 1 fully saturated rings. The van der Waals surface area contributed by atoms with E-state index in [0.717, 1.165) is 6.42 Å². The lowest BCUT2D eigenvalue weighted by Crippen LogP contribution is -2.45. The first-order valence-corrected chi connectivity index (χ1v) is 12.6. The molecule has 0 atom stereocenters. The van der Waals surface area contributed by atoms with Crippen LogP contribution in [0.4, 0.5) is 11.5 Å². The molecule has 0 radical (unpaired) electrons. The fourth-order valence-corrected chi connectivity index (χ4v) is 5.53. The summed E-state index contributed by atoms with van der Waals surface area (Å²) in [6, 6.07) is 6.14. The lowest BCUT2D eigenvalue weighted by molar-refractivity contribution is -0.123. The molecular weight excluding hydrogens is 462 g/mol. The standard InChI is InChI=1S/C22H31N5O6S/c1-4-5-12-27-19(23)18(20(28)24-22(27)30)25(2)21(29)15-10-13-26(14-11-15)34(31,32)17-8-6-16(33-3)7-9-17/h6-9,15H,4-5,10-14,23H2,1-3H3,(H,24,28,30). The van der Waals surface area contributed by atoms with E-state index in [9.17, 15) is 22.8 Å². The molecule has 0 saturated carbocycles. The quantitative estimate of drug-likeness (QED) is 0.557. The number of unbranched alkanes of at least 4 members (excludes halogenated alkanes) is 1. The highest BCUT2D eigenvalue weighted by Crippen LogP contribution is 2.27. The number of nitrogens with two attached hydrogens (primary N) is 1. The van der Waals surface area contributed by atoms with Gasteiger partial charge in [0.2, 0.25) is 15.9 Å². The van der Waals surface area contributed by atoms with Crippen LogP contribution in [0.25, 0.3) is 0 Å². The molecule has 1 aliphatic heterocycles. The Bertz CT molecular complexity index is 1240. The van der Waals surface area contributed by atoms with Gasteiger partial charge in [-0.15, -0.1) is 0 Å². The molecule has 1 saturated heterocycles. The van der Waals surface area contributed by atoms with Crippen molar-refractivity contribution in [2.45, 2.75) is 44.0 Å². The zero-order chi connectivity index (χ0) is 25.0. The van der Waals surface area contributed by atoms with Gasteiger partial charge in [0.25, 0.3) is 5.56 Å². The Balaban J connectivity index is 1.74. The topological polar surface area (TPSA) is 148 Å². The summed E-state index contributed by atoms with van der Waals surface area (Å²) in [5.41, 5.74) is 4.69. The third kappa shape index (κ3) is 5.02. The van der Waals surface area contributed by atoms with Crippen molar-refractivity contribution in [2.24, 2.45) is 5.92 Å². The molecule has 2 aromatic rings. The van der Waals surface area contributed by atoms with Gasteiger partial charge in [0.1, 0.15) is 11.6 Å². The average Bonchev–Trinajstić information content (AvgIpc) is 2.83. The number of nitrogen functional groups attached to an aromatic ring is 1. The highest BCUT2D eigenvalue weighted by Gasteiger charge is 2.34. The average molecular weight is 494 g/mol. The number of aromatic nitrogens is 2. The fourth-order valence-electron chi connectivity index (χ4n) is 4.06. The van der Waals surface area contributed by atoms with Crippen LogP contribution in [0.5, 0.6) is 5.75 Å². The van der Waals surface area contributed by atoms with Gasteiger partial charge in [0.15, 0.2) is 5.69 Å². The number of hydrogen-bond acceptors (Lipinski definition) is 7. The first-order chi connectivity index (χ1) is 16.1. The second kappa shape index (κ2) is 10.4. The van der Waals surface area contributed by atoms with E-state index in [-0.39, 0.29) is 35.4 Å². The van der Waals surface area contributed by atoms with Crippen LogP contribution < -0.4 is 26.6 Å². The first-order valence-electron chi connectivity index (χ1n) is 11.2. The van der Waals surface area contributed by atoms with Crippen molar-refractivity contribution in [3.8, 4) is 5.75 Å². The Hall–Kier alpha value is -3.12. The Kier molecular flexibility index (Phi) is 7.82. The predicted octanol–water partition coefficient (Wildman–Crippen LogP) is 0.991. The van der Waals surface area contributed by atoms with Crippen LogP contribution in [-0.2, 0) is 21.4 Å². The van der Waals surface area contributed by atoms with Gasteiger partial charge in [-0.05, 0) is 43.5 Å². The van der Waals surface area contributed by atoms with Gasteiger partial charge in [0, 0.05) is 32.6 Å². The van der Waals surface area contributed by atoms with Crippen molar-refractivity contribution in [1.29, 1.82) is 0 Å². The Morgan fingerprint density at radius 2 is 1.82 bits per heavy atom. The summed E-state index contributed by atoms with van der Waals surface area (Å²) in [6.07, 6.45) is 2.11. The van der Waals surface area contributed by atoms with Crippen molar-refractivity contribution >= 4 is 27.4 Å². The summed E-state index contributed by atoms with van der Waals surface area (Å²) in [4.78, 5) is 41.3. The molecule has 12 heteroatoms. The van der Waals surface area contributed by atoms with Crippen LogP contribution in [-0.4, -0.2) is 55.4 Å². The van der Waals surface area contributed by atoms with Gasteiger partial charge in [-0.3, -0.25) is 19.1 Å². The van der Waals surface area contributed by atoms with Crippen LogP contribution in [0, 0.1) is 5.92 Å². The number of nitrogens with one attached hydrogen (secondary N) is 1. The van der Waals surface area contributed by atoms with E-state index < -0.39 is 27.2 Å². The van der Waals surface area contributed by atoms with Crippen molar-refractivity contribution in [2.75, 3.05) is 37.9 Å². The minimum absolute atomic E-state index is 0.0578. The van der Waals surface area contributed by atoms with Crippen molar-refractivity contribution in [3.05, 3.63) is 45.1 Å². The SMILES string of the molecule is CCCCn1c(N)c(N(C)C(=O)C2CCN(S(=O)(=O)c3ccc(OC)cc3)CC2)c(=O)[nH]c1=O. The number of piperidine rings is 1. The van der Waals surface area contributed by atoms with E-state index in [1.807, 2.05) is 6.92 Å². The predicted molar refractivity (Wildman–Crippen MR) is 129 cm³/mol. The maximum Gasteiger partial charge on any atom is 0.330 e. The molecule has 3 N–H and O–H groups in total. The van der Waals surface area contributed by atoms with Gasteiger partial charge in [0.05, 0.1) is 12.0 Å². The maximum absolute atomic E-state index is 13.2. The second-order valence-corrected chi connectivity index (χ2v) is 10.2. The van der Waals surface area contributed by atoms with Crippen LogP contribution >= 0.6 is 0 Å². The smallest absolute Gasteiger partial charge is 0.330 e. The zero-order valence-corrected chi connectivity index (χ0v) is 20.4. The number of amides is 1. The van der Waals surface area contributed by atoms with E-state index in [4.69, 9.17) is 10.5 Å². The lowest BCUT2D eigenvalue weighted by atomic mass is 9.96. The van der Waals surface area contributed by atoms with Crippen LogP contribution in [0.2, 0.25) is 0 Å². The van der Waals surface area contributed by atoms with Crippen molar-refractivity contribution in [1.82, 2.24) is 13.9 Å². The zero-order valence-electron chi connectivity index (χ0n) is 19.6. The maximum atomic E-state index is 13.2. The number of carbonyl (C=O) groups excluding carboxylic acids is 1. The number of nitrogens with zero attached hydrogens (tertiary/aromatic N) is 3. The summed E-state index contributed by atoms with van der Waals surface area (Å²) < 4.78 is 33.6. The molecule has 0 aliphatic carbocycles. The van der Waals surface area contributed by atoms with E-state index in [1.165, 1.54) is 40.1 Å². The molecule has 0 bridgehead atoms. The molecule has 0 spiro atoms. The van der Waals surface area contributed by atoms with E-state index >= 15 is 0 Å². The van der Waals surface area contributed by atoms with Crippen molar-refractivity contribution < 1.29 is 17.9 Å². The number of anilines is 2. The summed E-state index contributed by atoms with van der Waals surface area (Å²) >= 11 is 0. The largest absolute Gasteiger partial charge is 0.497 e. The number of carbonyl (C=O) groups is 1. The molecule has 0 unspecified atom stereocenters.